The average Bonchev–Trinajstić information content (AvgIpc) is 2.27. The van der Waals surface area contributed by atoms with Crippen LogP contribution in [0.3, 0.4) is 0 Å². The minimum absolute atomic E-state index is 0.0121. The molecule has 0 fully saturated rings. The Hall–Kier alpha value is -1.64. The van der Waals surface area contributed by atoms with Crippen LogP contribution in [0.5, 0.6) is 0 Å². The molecule has 0 bridgehead atoms. The molecule has 18 heavy (non-hydrogen) atoms. The lowest BCUT2D eigenvalue weighted by atomic mass is 9.88. The first-order valence-electron chi connectivity index (χ1n) is 6.01. The van der Waals surface area contributed by atoms with Gasteiger partial charge in [-0.05, 0) is 11.0 Å². The lowest BCUT2D eigenvalue weighted by Gasteiger charge is -2.16. The van der Waals surface area contributed by atoms with Gasteiger partial charge in [-0.15, -0.1) is 0 Å². The molecule has 98 valence electrons. The molecule has 0 aromatic heterocycles. The second-order valence-electron chi connectivity index (χ2n) is 5.61. The normalized spacial score (nSPS) is 11.1. The topological polar surface area (TPSA) is 43.4 Å². The number of carbonyl (C=O) groups excluding carboxylic acids is 2. The second-order valence-corrected chi connectivity index (χ2v) is 5.61. The highest BCUT2D eigenvalue weighted by atomic mass is 16.5. The van der Waals surface area contributed by atoms with E-state index in [0.29, 0.717) is 12.0 Å². The van der Waals surface area contributed by atoms with Crippen LogP contribution in [0.2, 0.25) is 0 Å². The van der Waals surface area contributed by atoms with Gasteiger partial charge in [-0.2, -0.15) is 0 Å². The van der Waals surface area contributed by atoms with E-state index in [1.165, 1.54) is 7.11 Å². The monoisotopic (exact) mass is 248 g/mol. The third-order valence-electron chi connectivity index (χ3n) is 2.54. The number of ether oxygens (including phenoxy) is 1. The third kappa shape index (κ3) is 4.70. The van der Waals surface area contributed by atoms with Crippen LogP contribution < -0.4 is 0 Å². The number of carbonyl (C=O) groups is 2. The minimum atomic E-state index is -0.274. The minimum Gasteiger partial charge on any atom is -0.469 e. The summed E-state index contributed by atoms with van der Waals surface area (Å²) >= 11 is 0. The van der Waals surface area contributed by atoms with Crippen LogP contribution in [-0.4, -0.2) is 18.9 Å². The Morgan fingerprint density at radius 3 is 2.11 bits per heavy atom. The van der Waals surface area contributed by atoms with Crippen LogP contribution >= 0.6 is 0 Å². The first-order chi connectivity index (χ1) is 8.31. The Balaban J connectivity index is 2.71. The lowest BCUT2D eigenvalue weighted by molar-refractivity contribution is -0.139. The molecule has 0 aliphatic carbocycles. The van der Waals surface area contributed by atoms with Gasteiger partial charge in [0, 0.05) is 12.0 Å². The maximum atomic E-state index is 12.0. The SMILES string of the molecule is COC(=O)Cc1ccc(C(=O)CC(C)(C)C)cc1. The number of hydrogen-bond acceptors (Lipinski definition) is 3. The summed E-state index contributed by atoms with van der Waals surface area (Å²) in [6, 6.07) is 7.14. The summed E-state index contributed by atoms with van der Waals surface area (Å²) in [5.74, 6) is -0.143. The van der Waals surface area contributed by atoms with Crippen LogP contribution in [0, 0.1) is 5.41 Å². The number of rotatable bonds is 4. The van der Waals surface area contributed by atoms with Crippen LogP contribution in [0.15, 0.2) is 24.3 Å². The Morgan fingerprint density at radius 2 is 1.67 bits per heavy atom. The molecule has 0 atom stereocenters. The van der Waals surface area contributed by atoms with Crippen LogP contribution in [0.1, 0.15) is 43.1 Å². The van der Waals surface area contributed by atoms with E-state index in [4.69, 9.17) is 0 Å². The van der Waals surface area contributed by atoms with Crippen LogP contribution in [0.4, 0.5) is 0 Å². The van der Waals surface area contributed by atoms with E-state index in [0.717, 1.165) is 5.56 Å². The summed E-state index contributed by atoms with van der Waals surface area (Å²) in [4.78, 5) is 23.1. The van der Waals surface area contributed by atoms with Crippen LogP contribution in [-0.2, 0) is 16.0 Å². The molecule has 0 aliphatic rings. The predicted octanol–water partition coefficient (Wildman–Crippen LogP) is 3.02. The molecular formula is C15H20O3. The van der Waals surface area contributed by atoms with Gasteiger partial charge < -0.3 is 4.74 Å². The van der Waals surface area contributed by atoms with E-state index in [1.54, 1.807) is 24.3 Å². The fourth-order valence-corrected chi connectivity index (χ4v) is 1.63. The molecule has 0 saturated carbocycles. The van der Waals surface area contributed by atoms with Crippen molar-refractivity contribution in [1.82, 2.24) is 0 Å². The Kier molecular flexibility index (Phi) is 4.65. The number of Topliss-reactive ketones (excluding diaryl/α,β-unsaturated/α-hetero) is 1. The summed E-state index contributed by atoms with van der Waals surface area (Å²) in [6.45, 7) is 6.11. The number of esters is 1. The van der Waals surface area contributed by atoms with Gasteiger partial charge in [-0.1, -0.05) is 45.0 Å². The summed E-state index contributed by atoms with van der Waals surface area (Å²) in [7, 11) is 1.36. The number of ketones is 1. The molecule has 0 heterocycles. The van der Waals surface area contributed by atoms with Crippen molar-refractivity contribution in [2.75, 3.05) is 7.11 Å². The summed E-state index contributed by atoms with van der Waals surface area (Å²) in [5, 5.41) is 0. The molecule has 1 aromatic rings. The molecular weight excluding hydrogens is 228 g/mol. The van der Waals surface area contributed by atoms with E-state index in [1.807, 2.05) is 20.8 Å². The molecule has 3 nitrogen and oxygen atoms in total. The van der Waals surface area contributed by atoms with Gasteiger partial charge in [-0.25, -0.2) is 0 Å². The van der Waals surface area contributed by atoms with E-state index >= 15 is 0 Å². The van der Waals surface area contributed by atoms with Crippen molar-refractivity contribution in [2.45, 2.75) is 33.6 Å². The van der Waals surface area contributed by atoms with Gasteiger partial charge in [0.2, 0.25) is 0 Å². The van der Waals surface area contributed by atoms with Gasteiger partial charge >= 0.3 is 5.97 Å². The van der Waals surface area contributed by atoms with Crippen molar-refractivity contribution in [3.05, 3.63) is 35.4 Å². The zero-order chi connectivity index (χ0) is 13.8. The molecule has 0 spiro atoms. The third-order valence-corrected chi connectivity index (χ3v) is 2.54. The van der Waals surface area contributed by atoms with E-state index < -0.39 is 0 Å². The average molecular weight is 248 g/mol. The zero-order valence-corrected chi connectivity index (χ0v) is 11.4. The molecule has 1 rings (SSSR count). The number of benzene rings is 1. The van der Waals surface area contributed by atoms with Gasteiger partial charge in [0.1, 0.15) is 0 Å². The molecule has 0 N–H and O–H groups in total. The highest BCUT2D eigenvalue weighted by molar-refractivity contribution is 5.96. The fraction of sp³-hybridized carbons (Fsp3) is 0.467. The van der Waals surface area contributed by atoms with Gasteiger partial charge in [0.15, 0.2) is 5.78 Å². The van der Waals surface area contributed by atoms with Crippen molar-refractivity contribution in [3.8, 4) is 0 Å². The molecule has 0 radical (unpaired) electrons. The molecule has 3 heteroatoms. The van der Waals surface area contributed by atoms with Gasteiger partial charge in [0.25, 0.3) is 0 Å². The van der Waals surface area contributed by atoms with Crippen molar-refractivity contribution in [2.24, 2.45) is 5.41 Å². The molecule has 0 aliphatic heterocycles. The largest absolute Gasteiger partial charge is 0.469 e. The van der Waals surface area contributed by atoms with Crippen molar-refractivity contribution >= 4 is 11.8 Å². The maximum Gasteiger partial charge on any atom is 0.309 e. The van der Waals surface area contributed by atoms with Crippen molar-refractivity contribution in [3.63, 3.8) is 0 Å². The van der Waals surface area contributed by atoms with Gasteiger partial charge in [-0.3, -0.25) is 9.59 Å². The quantitative estimate of drug-likeness (QED) is 0.607. The van der Waals surface area contributed by atoms with Crippen molar-refractivity contribution in [1.29, 1.82) is 0 Å². The number of hydrogen-bond donors (Lipinski definition) is 0. The van der Waals surface area contributed by atoms with Crippen molar-refractivity contribution < 1.29 is 14.3 Å². The number of methoxy groups -OCH3 is 1. The Morgan fingerprint density at radius 1 is 1.11 bits per heavy atom. The Bertz CT molecular complexity index is 424. The van der Waals surface area contributed by atoms with E-state index in [-0.39, 0.29) is 23.6 Å². The first kappa shape index (κ1) is 14.4. The molecule has 0 unspecified atom stereocenters. The molecule has 0 amide bonds. The first-order valence-corrected chi connectivity index (χ1v) is 6.01. The zero-order valence-electron chi connectivity index (χ0n) is 11.4. The standard InChI is InChI=1S/C15H20O3/c1-15(2,3)10-13(16)12-7-5-11(6-8-12)9-14(17)18-4/h5-8H,9-10H2,1-4H3. The Labute approximate surface area is 108 Å². The highest BCUT2D eigenvalue weighted by Crippen LogP contribution is 2.21. The maximum absolute atomic E-state index is 12.0. The van der Waals surface area contributed by atoms with Gasteiger partial charge in [0.05, 0.1) is 13.5 Å². The summed E-state index contributed by atoms with van der Waals surface area (Å²) in [6.07, 6.45) is 0.758. The lowest BCUT2D eigenvalue weighted by Crippen LogP contribution is -2.13. The second kappa shape index (κ2) is 5.80. The van der Waals surface area contributed by atoms with E-state index in [2.05, 4.69) is 4.74 Å². The highest BCUT2D eigenvalue weighted by Gasteiger charge is 2.17. The summed E-state index contributed by atoms with van der Waals surface area (Å²) < 4.78 is 4.59. The predicted molar refractivity (Wildman–Crippen MR) is 70.6 cm³/mol. The molecule has 1 aromatic carbocycles. The molecule has 0 saturated heterocycles. The van der Waals surface area contributed by atoms with E-state index in [9.17, 15) is 9.59 Å². The summed E-state index contributed by atoms with van der Waals surface area (Å²) in [5.41, 5.74) is 1.54. The smallest absolute Gasteiger partial charge is 0.309 e. The fourth-order valence-electron chi connectivity index (χ4n) is 1.63. The van der Waals surface area contributed by atoms with Crippen LogP contribution in [0.25, 0.3) is 0 Å².